The number of benzene rings is 1. The first kappa shape index (κ1) is 16.3. The van der Waals surface area contributed by atoms with Gasteiger partial charge in [-0.25, -0.2) is 0 Å². The van der Waals surface area contributed by atoms with Crippen molar-refractivity contribution in [1.82, 2.24) is 5.32 Å². The normalized spacial score (nSPS) is 13.5. The topological polar surface area (TPSA) is 21.3 Å². The van der Waals surface area contributed by atoms with Crippen LogP contribution in [0.3, 0.4) is 0 Å². The number of nitrogens with one attached hydrogen (secondary N) is 1. The number of rotatable bonds is 7. The van der Waals surface area contributed by atoms with Crippen molar-refractivity contribution in [3.63, 3.8) is 0 Å². The average molecular weight is 296 g/mol. The van der Waals surface area contributed by atoms with Gasteiger partial charge in [-0.05, 0) is 24.1 Å². The van der Waals surface area contributed by atoms with Crippen LogP contribution in [0.1, 0.15) is 17.5 Å². The molecule has 1 atom stereocenters. The standard InChI is InChI=1S/C13H17ClF3NO/c1-19-9-12(6-7-14)18-8-10-2-4-11(5-3-10)13(15,16)17/h2-5,12,18H,6-9H2,1H3. The summed E-state index contributed by atoms with van der Waals surface area (Å²) in [6, 6.07) is 5.22. The summed E-state index contributed by atoms with van der Waals surface area (Å²) in [5.74, 6) is 0.508. The highest BCUT2D eigenvalue weighted by molar-refractivity contribution is 6.17. The zero-order valence-corrected chi connectivity index (χ0v) is 11.4. The summed E-state index contributed by atoms with van der Waals surface area (Å²) >= 11 is 5.66. The molecule has 2 nitrogen and oxygen atoms in total. The molecule has 0 saturated heterocycles. The van der Waals surface area contributed by atoms with Gasteiger partial charge in [0, 0.05) is 25.6 Å². The third-order valence-electron chi connectivity index (χ3n) is 2.70. The second-order valence-electron chi connectivity index (χ2n) is 4.21. The monoisotopic (exact) mass is 295 g/mol. The Morgan fingerprint density at radius 3 is 2.37 bits per heavy atom. The maximum atomic E-state index is 12.4. The molecule has 1 N–H and O–H groups in total. The highest BCUT2D eigenvalue weighted by atomic mass is 35.5. The summed E-state index contributed by atoms with van der Waals surface area (Å²) in [6.45, 7) is 1.01. The molecule has 108 valence electrons. The molecule has 0 aliphatic heterocycles. The van der Waals surface area contributed by atoms with Gasteiger partial charge in [0.15, 0.2) is 0 Å². The molecule has 0 heterocycles. The van der Waals surface area contributed by atoms with E-state index in [1.54, 1.807) is 7.11 Å². The van der Waals surface area contributed by atoms with Gasteiger partial charge in [0.05, 0.1) is 12.2 Å². The quantitative estimate of drug-likeness (QED) is 0.778. The maximum Gasteiger partial charge on any atom is 0.416 e. The molecule has 0 fully saturated rings. The van der Waals surface area contributed by atoms with E-state index < -0.39 is 11.7 Å². The van der Waals surface area contributed by atoms with Crippen LogP contribution in [0, 0.1) is 0 Å². The number of hydrogen-bond acceptors (Lipinski definition) is 2. The van der Waals surface area contributed by atoms with Crippen LogP contribution in [0.25, 0.3) is 0 Å². The van der Waals surface area contributed by atoms with E-state index in [0.29, 0.717) is 19.0 Å². The molecule has 19 heavy (non-hydrogen) atoms. The summed E-state index contributed by atoms with van der Waals surface area (Å²) in [4.78, 5) is 0. The van der Waals surface area contributed by atoms with Crippen LogP contribution in [0.5, 0.6) is 0 Å². The van der Waals surface area contributed by atoms with E-state index in [1.807, 2.05) is 0 Å². The Morgan fingerprint density at radius 1 is 1.26 bits per heavy atom. The summed E-state index contributed by atoms with van der Waals surface area (Å²) in [5.41, 5.74) is 0.161. The molecule has 0 spiro atoms. The van der Waals surface area contributed by atoms with Crippen molar-refractivity contribution in [2.75, 3.05) is 19.6 Å². The lowest BCUT2D eigenvalue weighted by Gasteiger charge is -2.17. The minimum absolute atomic E-state index is 0.102. The number of hydrogen-bond donors (Lipinski definition) is 1. The lowest BCUT2D eigenvalue weighted by molar-refractivity contribution is -0.137. The van der Waals surface area contributed by atoms with Crippen molar-refractivity contribution >= 4 is 11.6 Å². The fraction of sp³-hybridized carbons (Fsp3) is 0.538. The Balaban J connectivity index is 2.53. The van der Waals surface area contributed by atoms with Crippen molar-refractivity contribution in [3.05, 3.63) is 35.4 Å². The molecule has 0 aromatic heterocycles. The first-order chi connectivity index (χ1) is 8.97. The van der Waals surface area contributed by atoms with Crippen molar-refractivity contribution in [2.45, 2.75) is 25.2 Å². The van der Waals surface area contributed by atoms with Gasteiger partial charge >= 0.3 is 6.18 Å². The van der Waals surface area contributed by atoms with E-state index in [0.717, 1.165) is 24.1 Å². The van der Waals surface area contributed by atoms with Gasteiger partial charge in [0.25, 0.3) is 0 Å². The minimum atomic E-state index is -4.29. The molecular formula is C13H17ClF3NO. The van der Waals surface area contributed by atoms with Crippen LogP contribution < -0.4 is 5.32 Å². The molecule has 1 unspecified atom stereocenters. The fourth-order valence-electron chi connectivity index (χ4n) is 1.65. The zero-order valence-electron chi connectivity index (χ0n) is 10.6. The number of ether oxygens (including phenoxy) is 1. The van der Waals surface area contributed by atoms with Gasteiger partial charge in [-0.15, -0.1) is 11.6 Å². The third-order valence-corrected chi connectivity index (χ3v) is 2.92. The summed E-state index contributed by atoms with van der Waals surface area (Å²) in [6.07, 6.45) is -3.54. The predicted molar refractivity (Wildman–Crippen MR) is 69.3 cm³/mol. The van der Waals surface area contributed by atoms with Crippen molar-refractivity contribution in [2.24, 2.45) is 0 Å². The lowest BCUT2D eigenvalue weighted by Crippen LogP contribution is -2.33. The third kappa shape index (κ3) is 5.80. The maximum absolute atomic E-state index is 12.4. The lowest BCUT2D eigenvalue weighted by atomic mass is 10.1. The van der Waals surface area contributed by atoms with Crippen molar-refractivity contribution < 1.29 is 17.9 Å². The smallest absolute Gasteiger partial charge is 0.383 e. The SMILES string of the molecule is COCC(CCCl)NCc1ccc(C(F)(F)F)cc1. The van der Waals surface area contributed by atoms with Crippen LogP contribution >= 0.6 is 11.6 Å². The van der Waals surface area contributed by atoms with E-state index in [9.17, 15) is 13.2 Å². The Kier molecular flexibility index (Phi) is 6.62. The summed E-state index contributed by atoms with van der Waals surface area (Å²) in [5, 5.41) is 3.21. The highest BCUT2D eigenvalue weighted by Gasteiger charge is 2.29. The first-order valence-corrected chi connectivity index (χ1v) is 6.45. The highest BCUT2D eigenvalue weighted by Crippen LogP contribution is 2.29. The molecular weight excluding hydrogens is 279 g/mol. The van der Waals surface area contributed by atoms with Gasteiger partial charge in [0.2, 0.25) is 0 Å². The van der Waals surface area contributed by atoms with Gasteiger partial charge in [-0.3, -0.25) is 0 Å². The van der Waals surface area contributed by atoms with E-state index in [4.69, 9.17) is 16.3 Å². The van der Waals surface area contributed by atoms with Crippen LogP contribution in [-0.2, 0) is 17.5 Å². The molecule has 1 aromatic carbocycles. The van der Waals surface area contributed by atoms with Crippen LogP contribution in [0.4, 0.5) is 13.2 Å². The largest absolute Gasteiger partial charge is 0.416 e. The molecule has 1 aromatic rings. The number of alkyl halides is 4. The summed E-state index contributed by atoms with van der Waals surface area (Å²) in [7, 11) is 1.60. The van der Waals surface area contributed by atoms with E-state index in [2.05, 4.69) is 5.32 Å². The van der Waals surface area contributed by atoms with Gasteiger partial charge < -0.3 is 10.1 Å². The van der Waals surface area contributed by atoms with Gasteiger partial charge in [-0.2, -0.15) is 13.2 Å². The second-order valence-corrected chi connectivity index (χ2v) is 4.58. The van der Waals surface area contributed by atoms with E-state index in [-0.39, 0.29) is 6.04 Å². The average Bonchev–Trinajstić information content (AvgIpc) is 2.36. The minimum Gasteiger partial charge on any atom is -0.383 e. The van der Waals surface area contributed by atoms with Crippen molar-refractivity contribution in [1.29, 1.82) is 0 Å². The first-order valence-electron chi connectivity index (χ1n) is 5.91. The van der Waals surface area contributed by atoms with Crippen LogP contribution in [0.2, 0.25) is 0 Å². The van der Waals surface area contributed by atoms with Crippen LogP contribution in [0.15, 0.2) is 24.3 Å². The molecule has 0 aliphatic rings. The Morgan fingerprint density at radius 2 is 1.89 bits per heavy atom. The van der Waals surface area contributed by atoms with Gasteiger partial charge in [0.1, 0.15) is 0 Å². The molecule has 6 heteroatoms. The number of halogens is 4. The molecule has 0 saturated carbocycles. The Labute approximate surface area is 115 Å². The predicted octanol–water partition coefficient (Wildman–Crippen LogP) is 3.44. The second kappa shape index (κ2) is 7.72. The molecule has 0 aliphatic carbocycles. The fourth-order valence-corrected chi connectivity index (χ4v) is 1.91. The Bertz CT molecular complexity index is 361. The van der Waals surface area contributed by atoms with Crippen LogP contribution in [-0.4, -0.2) is 25.6 Å². The summed E-state index contributed by atoms with van der Waals surface area (Å²) < 4.78 is 42.2. The molecule has 0 amide bonds. The molecule has 0 radical (unpaired) electrons. The number of methoxy groups -OCH3 is 1. The Hall–Kier alpha value is -0.780. The molecule has 1 rings (SSSR count). The zero-order chi connectivity index (χ0) is 14.3. The molecule has 0 bridgehead atoms. The van der Waals surface area contributed by atoms with E-state index >= 15 is 0 Å². The van der Waals surface area contributed by atoms with Gasteiger partial charge in [-0.1, -0.05) is 12.1 Å². The van der Waals surface area contributed by atoms with Crippen molar-refractivity contribution in [3.8, 4) is 0 Å². The van der Waals surface area contributed by atoms with E-state index in [1.165, 1.54) is 12.1 Å².